The molecule has 0 aliphatic rings. The summed E-state index contributed by atoms with van der Waals surface area (Å²) in [6.45, 7) is 0.296. The van der Waals surface area contributed by atoms with Crippen molar-refractivity contribution in [1.82, 2.24) is 5.32 Å². The summed E-state index contributed by atoms with van der Waals surface area (Å²) in [7, 11) is -1.17. The number of ether oxygens (including phenoxy) is 2. The number of methoxy groups -OCH3 is 2. The molecule has 0 aromatic heterocycles. The quantitative estimate of drug-likeness (QED) is 0.528. The molecule has 1 amide bonds. The summed E-state index contributed by atoms with van der Waals surface area (Å²) in [5, 5.41) is 3.06. The van der Waals surface area contributed by atoms with Crippen LogP contribution in [0.25, 0.3) is 0 Å². The van der Waals surface area contributed by atoms with Crippen molar-refractivity contribution in [2.45, 2.75) is 11.4 Å². The van der Waals surface area contributed by atoms with Gasteiger partial charge in [0, 0.05) is 17.6 Å². The summed E-state index contributed by atoms with van der Waals surface area (Å²) in [5.74, 6) is 0.216. The second kappa shape index (κ2) is 9.72. The van der Waals surface area contributed by atoms with Gasteiger partial charge in [-0.2, -0.15) is 0 Å². The molecule has 0 aliphatic carbocycles. The average Bonchev–Trinajstić information content (AvgIpc) is 2.77. The van der Waals surface area contributed by atoms with E-state index < -0.39 is 15.9 Å². The molecule has 0 aliphatic heterocycles. The molecule has 7 nitrogen and oxygen atoms in total. The molecule has 0 spiro atoms. The van der Waals surface area contributed by atoms with Crippen LogP contribution < -0.4 is 19.5 Å². The third kappa shape index (κ3) is 5.48. The Morgan fingerprint density at radius 3 is 2.32 bits per heavy atom. The van der Waals surface area contributed by atoms with Crippen molar-refractivity contribution in [3.63, 3.8) is 0 Å². The molecule has 0 heterocycles. The number of amides is 1. The molecule has 162 valence electrons. The highest BCUT2D eigenvalue weighted by Gasteiger charge is 2.21. The SMILES string of the molecule is COc1ccc(S(=O)(=O)Nc2cc(Cl)ccc2C(=O)NCc2ccccc2)cc1OC. The van der Waals surface area contributed by atoms with Gasteiger partial charge in [-0.1, -0.05) is 41.9 Å². The zero-order valence-corrected chi connectivity index (χ0v) is 18.5. The van der Waals surface area contributed by atoms with Gasteiger partial charge in [0.25, 0.3) is 15.9 Å². The first-order valence-electron chi connectivity index (χ1n) is 9.20. The van der Waals surface area contributed by atoms with Gasteiger partial charge in [-0.3, -0.25) is 9.52 Å². The maximum absolute atomic E-state index is 13.0. The van der Waals surface area contributed by atoms with E-state index in [2.05, 4.69) is 10.0 Å². The van der Waals surface area contributed by atoms with Crippen LogP contribution in [0.15, 0.2) is 71.6 Å². The van der Waals surface area contributed by atoms with Crippen LogP contribution in [0.5, 0.6) is 11.5 Å². The van der Waals surface area contributed by atoms with Crippen LogP contribution in [-0.4, -0.2) is 28.5 Å². The predicted molar refractivity (Wildman–Crippen MR) is 119 cm³/mol. The molecule has 0 saturated carbocycles. The minimum Gasteiger partial charge on any atom is -0.493 e. The highest BCUT2D eigenvalue weighted by atomic mass is 35.5. The lowest BCUT2D eigenvalue weighted by Crippen LogP contribution is -2.25. The van der Waals surface area contributed by atoms with Gasteiger partial charge >= 0.3 is 0 Å². The fourth-order valence-electron chi connectivity index (χ4n) is 2.86. The lowest BCUT2D eigenvalue weighted by molar-refractivity contribution is 0.0952. The largest absolute Gasteiger partial charge is 0.493 e. The number of carbonyl (C=O) groups excluding carboxylic acids is 1. The highest BCUT2D eigenvalue weighted by molar-refractivity contribution is 7.92. The predicted octanol–water partition coefficient (Wildman–Crippen LogP) is 4.09. The third-order valence-electron chi connectivity index (χ3n) is 4.43. The van der Waals surface area contributed by atoms with E-state index in [0.29, 0.717) is 12.3 Å². The number of hydrogen-bond acceptors (Lipinski definition) is 5. The summed E-state index contributed by atoms with van der Waals surface area (Å²) in [6.07, 6.45) is 0. The summed E-state index contributed by atoms with van der Waals surface area (Å²) in [4.78, 5) is 12.7. The molecular formula is C22H21ClN2O5S. The first-order valence-corrected chi connectivity index (χ1v) is 11.1. The molecule has 3 aromatic rings. The Kier molecular flexibility index (Phi) is 7.04. The van der Waals surface area contributed by atoms with E-state index in [1.165, 1.54) is 50.6 Å². The van der Waals surface area contributed by atoms with Gasteiger partial charge in [0.05, 0.1) is 30.4 Å². The second-order valence-electron chi connectivity index (χ2n) is 6.48. The molecule has 0 bridgehead atoms. The zero-order chi connectivity index (χ0) is 22.4. The Labute approximate surface area is 186 Å². The Morgan fingerprint density at radius 2 is 1.65 bits per heavy atom. The lowest BCUT2D eigenvalue weighted by Gasteiger charge is -2.15. The number of halogens is 1. The minimum atomic E-state index is -4.03. The Bertz CT molecular complexity index is 1180. The van der Waals surface area contributed by atoms with Crippen LogP contribution in [0.4, 0.5) is 5.69 Å². The molecule has 2 N–H and O–H groups in total. The molecular weight excluding hydrogens is 440 g/mol. The number of nitrogens with one attached hydrogen (secondary N) is 2. The van der Waals surface area contributed by atoms with Crippen molar-refractivity contribution in [2.24, 2.45) is 0 Å². The van der Waals surface area contributed by atoms with Crippen LogP contribution >= 0.6 is 11.6 Å². The van der Waals surface area contributed by atoms with Gasteiger partial charge in [0.2, 0.25) is 0 Å². The molecule has 0 atom stereocenters. The first-order chi connectivity index (χ1) is 14.8. The maximum atomic E-state index is 13.0. The van der Waals surface area contributed by atoms with Crippen molar-refractivity contribution in [1.29, 1.82) is 0 Å². The number of anilines is 1. The topological polar surface area (TPSA) is 93.7 Å². The number of rotatable bonds is 8. The summed E-state index contributed by atoms with van der Waals surface area (Å²) in [6, 6.07) is 17.9. The fraction of sp³-hybridized carbons (Fsp3) is 0.136. The first kappa shape index (κ1) is 22.5. The van der Waals surface area contributed by atoms with Crippen molar-refractivity contribution in [3.8, 4) is 11.5 Å². The van der Waals surface area contributed by atoms with E-state index in [0.717, 1.165) is 5.56 Å². The lowest BCUT2D eigenvalue weighted by atomic mass is 10.1. The van der Waals surface area contributed by atoms with E-state index >= 15 is 0 Å². The van der Waals surface area contributed by atoms with E-state index in [4.69, 9.17) is 21.1 Å². The van der Waals surface area contributed by atoms with E-state index in [1.807, 2.05) is 30.3 Å². The zero-order valence-electron chi connectivity index (χ0n) is 16.9. The molecule has 3 rings (SSSR count). The van der Waals surface area contributed by atoms with Crippen LogP contribution in [0, 0.1) is 0 Å². The Balaban J connectivity index is 1.87. The number of carbonyl (C=O) groups is 1. The van der Waals surface area contributed by atoms with Gasteiger partial charge in [-0.15, -0.1) is 0 Å². The van der Waals surface area contributed by atoms with Crippen molar-refractivity contribution < 1.29 is 22.7 Å². The molecule has 0 unspecified atom stereocenters. The van der Waals surface area contributed by atoms with Crippen LogP contribution in [0.2, 0.25) is 5.02 Å². The summed E-state index contributed by atoms with van der Waals surface area (Å²) >= 11 is 6.05. The van der Waals surface area contributed by atoms with E-state index in [9.17, 15) is 13.2 Å². The van der Waals surface area contributed by atoms with Gasteiger partial charge in [0.15, 0.2) is 11.5 Å². The van der Waals surface area contributed by atoms with Gasteiger partial charge in [0.1, 0.15) is 0 Å². The molecule has 0 saturated heterocycles. The standard InChI is InChI=1S/C22H21ClN2O5S/c1-29-20-11-9-17(13-21(20)30-2)31(27,28)25-19-12-16(23)8-10-18(19)22(26)24-14-15-6-4-3-5-7-15/h3-13,25H,14H2,1-2H3,(H,24,26). The van der Waals surface area contributed by atoms with Crippen LogP contribution in [0.1, 0.15) is 15.9 Å². The summed E-state index contributed by atoms with van der Waals surface area (Å²) < 4.78 is 38.7. The normalized spacial score (nSPS) is 10.9. The highest BCUT2D eigenvalue weighted by Crippen LogP contribution is 2.31. The fourth-order valence-corrected chi connectivity index (χ4v) is 4.12. The Hall–Kier alpha value is -3.23. The van der Waals surface area contributed by atoms with Gasteiger partial charge < -0.3 is 14.8 Å². The molecule has 9 heteroatoms. The van der Waals surface area contributed by atoms with Gasteiger partial charge in [-0.25, -0.2) is 8.42 Å². The van der Waals surface area contributed by atoms with E-state index in [1.54, 1.807) is 0 Å². The third-order valence-corrected chi connectivity index (χ3v) is 6.03. The molecule has 31 heavy (non-hydrogen) atoms. The van der Waals surface area contributed by atoms with Crippen molar-refractivity contribution in [2.75, 3.05) is 18.9 Å². The van der Waals surface area contributed by atoms with Gasteiger partial charge in [-0.05, 0) is 35.9 Å². The Morgan fingerprint density at radius 1 is 0.935 bits per heavy atom. The van der Waals surface area contributed by atoms with Crippen molar-refractivity contribution >= 4 is 33.2 Å². The number of benzene rings is 3. The second-order valence-corrected chi connectivity index (χ2v) is 8.60. The van der Waals surface area contributed by atoms with E-state index in [-0.39, 0.29) is 26.9 Å². The van der Waals surface area contributed by atoms with Crippen LogP contribution in [0.3, 0.4) is 0 Å². The number of sulfonamides is 1. The van der Waals surface area contributed by atoms with Crippen molar-refractivity contribution in [3.05, 3.63) is 82.9 Å². The molecule has 3 aromatic carbocycles. The monoisotopic (exact) mass is 460 g/mol. The number of hydrogen-bond donors (Lipinski definition) is 2. The smallest absolute Gasteiger partial charge is 0.262 e. The van der Waals surface area contributed by atoms with Crippen LogP contribution in [-0.2, 0) is 16.6 Å². The average molecular weight is 461 g/mol. The minimum absolute atomic E-state index is 0.0548. The summed E-state index contributed by atoms with van der Waals surface area (Å²) in [5.41, 5.74) is 1.12. The molecule has 0 fully saturated rings. The molecule has 0 radical (unpaired) electrons. The maximum Gasteiger partial charge on any atom is 0.262 e.